The zero-order valence-corrected chi connectivity index (χ0v) is 11.0. The van der Waals surface area contributed by atoms with Crippen molar-refractivity contribution in [3.63, 3.8) is 0 Å². The molecular weight excluding hydrogens is 245 g/mol. The Balaban J connectivity index is 2.38. The Hall–Kier alpha value is -2.01. The molecule has 2 rings (SSSR count). The predicted molar refractivity (Wildman–Crippen MR) is 72.3 cm³/mol. The van der Waals surface area contributed by atoms with Crippen molar-refractivity contribution in [1.29, 1.82) is 0 Å². The Morgan fingerprint density at radius 1 is 1.26 bits per heavy atom. The van der Waals surface area contributed by atoms with Crippen LogP contribution in [0.2, 0.25) is 0 Å². The molecule has 0 saturated carbocycles. The van der Waals surface area contributed by atoms with Crippen LogP contribution >= 0.6 is 0 Å². The van der Waals surface area contributed by atoms with Crippen LogP contribution in [-0.2, 0) is 11.3 Å². The summed E-state index contributed by atoms with van der Waals surface area (Å²) in [5.74, 6) is 0.977. The number of nitrogens with one attached hydrogen (secondary N) is 1. The van der Waals surface area contributed by atoms with Crippen molar-refractivity contribution >= 4 is 5.82 Å². The van der Waals surface area contributed by atoms with Crippen molar-refractivity contribution in [2.45, 2.75) is 13.5 Å². The third-order valence-corrected chi connectivity index (χ3v) is 2.58. The molecule has 0 aliphatic heterocycles. The largest absolute Gasteiger partial charge is 0.374 e. The Kier molecular flexibility index (Phi) is 4.41. The summed E-state index contributed by atoms with van der Waals surface area (Å²) >= 11 is 0. The molecule has 1 heterocycles. The number of nitrogens with zero attached hydrogens (tertiary/aromatic N) is 2. The second-order valence-corrected chi connectivity index (χ2v) is 3.95. The molecule has 0 atom stereocenters. The van der Waals surface area contributed by atoms with Gasteiger partial charge in [-0.15, -0.1) is 0 Å². The van der Waals surface area contributed by atoms with E-state index in [0.29, 0.717) is 30.5 Å². The van der Waals surface area contributed by atoms with Crippen LogP contribution in [0.5, 0.6) is 0 Å². The topological polar surface area (TPSA) is 47.0 Å². The quantitative estimate of drug-likeness (QED) is 0.899. The van der Waals surface area contributed by atoms with E-state index in [9.17, 15) is 4.39 Å². The Morgan fingerprint density at radius 3 is 2.79 bits per heavy atom. The van der Waals surface area contributed by atoms with Gasteiger partial charge >= 0.3 is 0 Å². The maximum absolute atomic E-state index is 13.3. The molecule has 0 aliphatic carbocycles. The average molecular weight is 261 g/mol. The smallest absolute Gasteiger partial charge is 0.157 e. The van der Waals surface area contributed by atoms with E-state index >= 15 is 0 Å². The summed E-state index contributed by atoms with van der Waals surface area (Å²) in [5.41, 5.74) is 1.39. The predicted octanol–water partition coefficient (Wildman–Crippen LogP) is 2.86. The molecule has 2 aromatic rings. The van der Waals surface area contributed by atoms with Crippen molar-refractivity contribution in [3.05, 3.63) is 42.0 Å². The first-order valence-corrected chi connectivity index (χ1v) is 6.12. The molecule has 4 nitrogen and oxygen atoms in total. The number of halogens is 1. The van der Waals surface area contributed by atoms with Crippen LogP contribution in [0.1, 0.15) is 12.7 Å². The van der Waals surface area contributed by atoms with Crippen molar-refractivity contribution in [2.24, 2.45) is 0 Å². The lowest BCUT2D eigenvalue weighted by Crippen LogP contribution is -2.04. The maximum atomic E-state index is 13.3. The molecule has 1 aromatic heterocycles. The molecule has 0 unspecified atom stereocenters. The summed E-state index contributed by atoms with van der Waals surface area (Å²) in [5, 5.41) is 2.97. The van der Waals surface area contributed by atoms with Crippen LogP contribution in [-0.4, -0.2) is 23.6 Å². The van der Waals surface area contributed by atoms with Gasteiger partial charge in [0.25, 0.3) is 0 Å². The molecule has 1 N–H and O–H groups in total. The van der Waals surface area contributed by atoms with E-state index in [1.807, 2.05) is 13.0 Å². The normalized spacial score (nSPS) is 10.5. The Labute approximate surface area is 111 Å². The first-order valence-electron chi connectivity index (χ1n) is 6.12. The molecule has 1 aromatic carbocycles. The van der Waals surface area contributed by atoms with Crippen LogP contribution in [0.4, 0.5) is 10.2 Å². The first kappa shape index (κ1) is 13.4. The highest BCUT2D eigenvalue weighted by atomic mass is 19.1. The van der Waals surface area contributed by atoms with Gasteiger partial charge in [-0.25, -0.2) is 14.4 Å². The van der Waals surface area contributed by atoms with Gasteiger partial charge in [0.05, 0.1) is 5.69 Å². The van der Waals surface area contributed by atoms with Crippen molar-refractivity contribution in [2.75, 3.05) is 19.0 Å². The number of hydrogen-bond acceptors (Lipinski definition) is 4. The number of aromatic nitrogens is 2. The average Bonchev–Trinajstić information content (AvgIpc) is 2.44. The van der Waals surface area contributed by atoms with Gasteiger partial charge in [-0.2, -0.15) is 0 Å². The van der Waals surface area contributed by atoms with Crippen molar-refractivity contribution in [1.82, 2.24) is 9.97 Å². The van der Waals surface area contributed by atoms with E-state index in [1.54, 1.807) is 19.2 Å². The Bertz CT molecular complexity index is 560. The number of rotatable bonds is 5. The van der Waals surface area contributed by atoms with Crippen molar-refractivity contribution < 1.29 is 9.13 Å². The van der Waals surface area contributed by atoms with Gasteiger partial charge in [0.2, 0.25) is 0 Å². The molecule has 0 spiro atoms. The lowest BCUT2D eigenvalue weighted by molar-refractivity contribution is 0.128. The van der Waals surface area contributed by atoms with Crippen molar-refractivity contribution in [3.8, 4) is 11.3 Å². The molecule has 0 radical (unpaired) electrons. The summed E-state index contributed by atoms with van der Waals surface area (Å²) in [7, 11) is 1.78. The minimum Gasteiger partial charge on any atom is -0.374 e. The van der Waals surface area contributed by atoms with Crippen LogP contribution in [0.3, 0.4) is 0 Å². The third kappa shape index (κ3) is 3.48. The monoisotopic (exact) mass is 261 g/mol. The second kappa shape index (κ2) is 6.24. The number of anilines is 1. The molecule has 0 saturated heterocycles. The van der Waals surface area contributed by atoms with Gasteiger partial charge in [-0.1, -0.05) is 12.1 Å². The molecule has 0 bridgehead atoms. The first-order chi connectivity index (χ1) is 9.22. The second-order valence-electron chi connectivity index (χ2n) is 3.95. The van der Waals surface area contributed by atoms with E-state index in [1.165, 1.54) is 12.1 Å². The van der Waals surface area contributed by atoms with E-state index in [4.69, 9.17) is 4.74 Å². The number of hydrogen-bond donors (Lipinski definition) is 1. The minimum atomic E-state index is -0.284. The standard InChI is InChI=1S/C14H16FN3O/c1-3-19-9-14-17-12(8-13(16-2)18-14)10-5-4-6-11(15)7-10/h4-8H,3,9H2,1-2H3,(H,16,17,18). The van der Waals surface area contributed by atoms with Crippen LogP contribution in [0, 0.1) is 5.82 Å². The van der Waals surface area contributed by atoms with Crippen LogP contribution in [0.25, 0.3) is 11.3 Å². The summed E-state index contributed by atoms with van der Waals surface area (Å²) in [6.45, 7) is 2.85. The summed E-state index contributed by atoms with van der Waals surface area (Å²) < 4.78 is 18.6. The number of ether oxygens (including phenoxy) is 1. The van der Waals surface area contributed by atoms with Gasteiger partial charge < -0.3 is 10.1 Å². The molecule has 5 heteroatoms. The highest BCUT2D eigenvalue weighted by Crippen LogP contribution is 2.20. The summed E-state index contributed by atoms with van der Waals surface area (Å²) in [4.78, 5) is 8.68. The SMILES string of the molecule is CCOCc1nc(NC)cc(-c2cccc(F)c2)n1. The third-order valence-electron chi connectivity index (χ3n) is 2.58. The maximum Gasteiger partial charge on any atom is 0.157 e. The van der Waals surface area contributed by atoms with Crippen LogP contribution < -0.4 is 5.32 Å². The lowest BCUT2D eigenvalue weighted by Gasteiger charge is -2.08. The zero-order chi connectivity index (χ0) is 13.7. The zero-order valence-electron chi connectivity index (χ0n) is 11.0. The molecule has 100 valence electrons. The van der Waals surface area contributed by atoms with Gasteiger partial charge in [0.1, 0.15) is 18.2 Å². The highest BCUT2D eigenvalue weighted by molar-refractivity contribution is 5.62. The van der Waals surface area contributed by atoms with E-state index < -0.39 is 0 Å². The van der Waals surface area contributed by atoms with E-state index in [2.05, 4.69) is 15.3 Å². The highest BCUT2D eigenvalue weighted by Gasteiger charge is 2.07. The van der Waals surface area contributed by atoms with Gasteiger partial charge in [0.15, 0.2) is 5.82 Å². The van der Waals surface area contributed by atoms with Gasteiger partial charge in [-0.05, 0) is 19.1 Å². The molecule has 0 fully saturated rings. The lowest BCUT2D eigenvalue weighted by atomic mass is 10.1. The Morgan fingerprint density at radius 2 is 2.11 bits per heavy atom. The fourth-order valence-corrected chi connectivity index (χ4v) is 1.68. The molecule has 19 heavy (non-hydrogen) atoms. The van der Waals surface area contributed by atoms with E-state index in [-0.39, 0.29) is 5.82 Å². The van der Waals surface area contributed by atoms with Gasteiger partial charge in [-0.3, -0.25) is 0 Å². The fraction of sp³-hybridized carbons (Fsp3) is 0.286. The molecule has 0 amide bonds. The fourth-order valence-electron chi connectivity index (χ4n) is 1.68. The molecule has 0 aliphatic rings. The summed E-state index contributed by atoms with van der Waals surface area (Å²) in [6.07, 6.45) is 0. The molecular formula is C14H16FN3O. The van der Waals surface area contributed by atoms with Gasteiger partial charge in [0, 0.05) is 25.3 Å². The van der Waals surface area contributed by atoms with E-state index in [0.717, 1.165) is 5.56 Å². The minimum absolute atomic E-state index is 0.284. The summed E-state index contributed by atoms with van der Waals surface area (Å²) in [6, 6.07) is 8.12. The van der Waals surface area contributed by atoms with Crippen LogP contribution in [0.15, 0.2) is 30.3 Å². The number of benzene rings is 1.